The van der Waals surface area contributed by atoms with Crippen LogP contribution >= 0.6 is 0 Å². The summed E-state index contributed by atoms with van der Waals surface area (Å²) in [5.41, 5.74) is 11.1. The summed E-state index contributed by atoms with van der Waals surface area (Å²) in [4.78, 5) is 1.72. The van der Waals surface area contributed by atoms with Gasteiger partial charge in [-0.3, -0.25) is 10.3 Å². The van der Waals surface area contributed by atoms with E-state index in [1.165, 1.54) is 11.1 Å². The lowest BCUT2D eigenvalue weighted by molar-refractivity contribution is 1.26. The molecule has 3 nitrogen and oxygen atoms in total. The number of para-hydroxylation sites is 1. The summed E-state index contributed by atoms with van der Waals surface area (Å²) in [5.74, 6) is -0.000661. The zero-order valence-electron chi connectivity index (χ0n) is 13.0. The molecule has 0 atom stereocenters. The number of rotatable bonds is 3. The summed E-state index contributed by atoms with van der Waals surface area (Å²) >= 11 is 0. The van der Waals surface area contributed by atoms with Crippen molar-refractivity contribution in [2.45, 2.75) is 6.92 Å². The molecule has 0 unspecified atom stereocenters. The molecule has 0 amide bonds. The lowest BCUT2D eigenvalue weighted by Gasteiger charge is -2.23. The van der Waals surface area contributed by atoms with Gasteiger partial charge < -0.3 is 5.73 Å². The van der Waals surface area contributed by atoms with Gasteiger partial charge >= 0.3 is 0 Å². The Kier molecular flexibility index (Phi) is 4.11. The first kappa shape index (κ1) is 14.9. The van der Waals surface area contributed by atoms with E-state index in [0.717, 1.165) is 16.9 Å². The van der Waals surface area contributed by atoms with E-state index in [1.807, 2.05) is 42.5 Å². The number of nitrogens with zero attached hydrogens (tertiary/aromatic N) is 1. The van der Waals surface area contributed by atoms with E-state index in [-0.39, 0.29) is 5.96 Å². The van der Waals surface area contributed by atoms with Gasteiger partial charge in [-0.1, -0.05) is 60.2 Å². The predicted molar refractivity (Wildman–Crippen MR) is 97.1 cm³/mol. The van der Waals surface area contributed by atoms with Crippen molar-refractivity contribution in [2.24, 2.45) is 5.73 Å². The van der Waals surface area contributed by atoms with Gasteiger partial charge in [0, 0.05) is 11.4 Å². The van der Waals surface area contributed by atoms with E-state index >= 15 is 0 Å². The van der Waals surface area contributed by atoms with Gasteiger partial charge in [0.2, 0.25) is 0 Å². The summed E-state index contributed by atoms with van der Waals surface area (Å²) in [6.07, 6.45) is 0. The maximum Gasteiger partial charge on any atom is 0.197 e. The molecule has 0 fully saturated rings. The molecular formula is C20H19N3. The zero-order valence-corrected chi connectivity index (χ0v) is 13.0. The van der Waals surface area contributed by atoms with Crippen molar-refractivity contribution < 1.29 is 0 Å². The number of anilines is 2. The van der Waals surface area contributed by atoms with E-state index in [1.54, 1.807) is 4.90 Å². The van der Waals surface area contributed by atoms with Crippen molar-refractivity contribution in [3.63, 3.8) is 0 Å². The quantitative estimate of drug-likeness (QED) is 0.544. The number of guanidine groups is 1. The fourth-order valence-electron chi connectivity index (χ4n) is 2.55. The maximum atomic E-state index is 7.87. The molecule has 3 heteroatoms. The van der Waals surface area contributed by atoms with Gasteiger partial charge in [-0.2, -0.15) is 0 Å². The molecule has 3 rings (SSSR count). The van der Waals surface area contributed by atoms with Gasteiger partial charge in [-0.25, -0.2) is 0 Å². The molecule has 0 radical (unpaired) electrons. The molecule has 0 saturated heterocycles. The number of hydrogen-bond acceptors (Lipinski definition) is 1. The van der Waals surface area contributed by atoms with E-state index in [9.17, 15) is 0 Å². The number of nitrogens with two attached hydrogens (primary N) is 1. The monoisotopic (exact) mass is 301 g/mol. The second-order valence-corrected chi connectivity index (χ2v) is 5.47. The third kappa shape index (κ3) is 3.24. The van der Waals surface area contributed by atoms with Crippen molar-refractivity contribution in [1.82, 2.24) is 0 Å². The molecule has 0 bridgehead atoms. The normalized spacial score (nSPS) is 10.3. The Morgan fingerprint density at radius 3 is 1.74 bits per heavy atom. The minimum absolute atomic E-state index is 0.000661. The number of nitrogens with one attached hydrogen (secondary N) is 1. The van der Waals surface area contributed by atoms with Gasteiger partial charge in [-0.05, 0) is 42.3 Å². The van der Waals surface area contributed by atoms with Crippen LogP contribution in [0.4, 0.5) is 11.4 Å². The predicted octanol–water partition coefficient (Wildman–Crippen LogP) is 4.69. The van der Waals surface area contributed by atoms with Crippen LogP contribution in [0.3, 0.4) is 0 Å². The van der Waals surface area contributed by atoms with Crippen LogP contribution in [0.5, 0.6) is 0 Å². The van der Waals surface area contributed by atoms with Crippen molar-refractivity contribution in [2.75, 3.05) is 4.90 Å². The molecule has 114 valence electrons. The highest BCUT2D eigenvalue weighted by Crippen LogP contribution is 2.28. The van der Waals surface area contributed by atoms with Crippen molar-refractivity contribution in [3.8, 4) is 11.1 Å². The van der Waals surface area contributed by atoms with Crippen LogP contribution in [0.2, 0.25) is 0 Å². The van der Waals surface area contributed by atoms with Gasteiger partial charge in [-0.15, -0.1) is 0 Å². The SMILES string of the molecule is Cc1ccc(-c2ccc(N(C(=N)N)c3ccccc3)cc2)cc1. The van der Waals surface area contributed by atoms with Crippen LogP contribution in [0.15, 0.2) is 78.9 Å². The Bertz CT molecular complexity index is 791. The molecule has 3 aromatic rings. The minimum Gasteiger partial charge on any atom is -0.369 e. The van der Waals surface area contributed by atoms with E-state index in [4.69, 9.17) is 11.1 Å². The fraction of sp³-hybridized carbons (Fsp3) is 0.0500. The third-order valence-electron chi connectivity index (χ3n) is 3.77. The summed E-state index contributed by atoms with van der Waals surface area (Å²) in [6, 6.07) is 26.2. The van der Waals surface area contributed by atoms with Gasteiger partial charge in [0.05, 0.1) is 0 Å². The first-order valence-electron chi connectivity index (χ1n) is 7.51. The third-order valence-corrected chi connectivity index (χ3v) is 3.77. The Hall–Kier alpha value is -3.07. The van der Waals surface area contributed by atoms with Crippen LogP contribution in [0, 0.1) is 12.3 Å². The molecule has 0 aliphatic carbocycles. The Morgan fingerprint density at radius 2 is 1.22 bits per heavy atom. The highest BCUT2D eigenvalue weighted by atomic mass is 15.2. The molecule has 0 heterocycles. The topological polar surface area (TPSA) is 53.1 Å². The maximum absolute atomic E-state index is 7.87. The Morgan fingerprint density at radius 1 is 0.739 bits per heavy atom. The molecule has 3 aromatic carbocycles. The highest BCUT2D eigenvalue weighted by Gasteiger charge is 2.12. The lowest BCUT2D eigenvalue weighted by atomic mass is 10.0. The standard InChI is InChI=1S/C20H19N3/c1-15-7-9-16(10-8-15)17-11-13-19(14-12-17)23(20(21)22)18-5-3-2-4-6-18/h2-14H,1H3,(H3,21,22). The molecule has 0 aromatic heterocycles. The Balaban J connectivity index is 1.94. The lowest BCUT2D eigenvalue weighted by Crippen LogP contribution is -2.32. The van der Waals surface area contributed by atoms with Crippen LogP contribution in [0.1, 0.15) is 5.56 Å². The fourth-order valence-corrected chi connectivity index (χ4v) is 2.55. The van der Waals surface area contributed by atoms with Gasteiger partial charge in [0.25, 0.3) is 0 Å². The van der Waals surface area contributed by atoms with Crippen LogP contribution in [-0.2, 0) is 0 Å². The van der Waals surface area contributed by atoms with E-state index in [0.29, 0.717) is 0 Å². The molecular weight excluding hydrogens is 282 g/mol. The number of hydrogen-bond donors (Lipinski definition) is 2. The summed E-state index contributed by atoms with van der Waals surface area (Å²) in [5, 5.41) is 7.87. The second-order valence-electron chi connectivity index (χ2n) is 5.47. The van der Waals surface area contributed by atoms with Crippen molar-refractivity contribution in [3.05, 3.63) is 84.4 Å². The van der Waals surface area contributed by atoms with Crippen LogP contribution in [0.25, 0.3) is 11.1 Å². The second kappa shape index (κ2) is 6.36. The number of benzene rings is 3. The average molecular weight is 301 g/mol. The smallest absolute Gasteiger partial charge is 0.197 e. The molecule has 0 aliphatic heterocycles. The average Bonchev–Trinajstić information content (AvgIpc) is 2.57. The summed E-state index contributed by atoms with van der Waals surface area (Å²) < 4.78 is 0. The summed E-state index contributed by atoms with van der Waals surface area (Å²) in [6.45, 7) is 2.08. The highest BCUT2D eigenvalue weighted by molar-refractivity contribution is 6.00. The molecule has 3 N–H and O–H groups in total. The minimum atomic E-state index is -0.000661. The molecule has 23 heavy (non-hydrogen) atoms. The molecule has 0 saturated carbocycles. The van der Waals surface area contributed by atoms with Crippen LogP contribution < -0.4 is 10.6 Å². The van der Waals surface area contributed by atoms with E-state index in [2.05, 4.69) is 43.3 Å². The van der Waals surface area contributed by atoms with Crippen molar-refractivity contribution in [1.29, 1.82) is 5.41 Å². The van der Waals surface area contributed by atoms with Gasteiger partial charge in [0.15, 0.2) is 5.96 Å². The first-order valence-corrected chi connectivity index (χ1v) is 7.51. The van der Waals surface area contributed by atoms with Crippen LogP contribution in [-0.4, -0.2) is 5.96 Å². The van der Waals surface area contributed by atoms with Crippen molar-refractivity contribution >= 4 is 17.3 Å². The van der Waals surface area contributed by atoms with Gasteiger partial charge in [0.1, 0.15) is 0 Å². The number of aryl methyl sites for hydroxylation is 1. The largest absolute Gasteiger partial charge is 0.369 e. The Labute approximate surface area is 136 Å². The molecule has 0 aliphatic rings. The summed E-state index contributed by atoms with van der Waals surface area (Å²) in [7, 11) is 0. The first-order chi connectivity index (χ1) is 11.1. The zero-order chi connectivity index (χ0) is 16.2. The van der Waals surface area contributed by atoms with E-state index < -0.39 is 0 Å². The molecule has 0 spiro atoms.